The van der Waals surface area contributed by atoms with Crippen LogP contribution >= 0.6 is 0 Å². The van der Waals surface area contributed by atoms with E-state index in [1.165, 1.54) is 7.11 Å². The molecule has 2 heterocycles. The molecule has 0 radical (unpaired) electrons. The number of rotatable bonds is 4. The van der Waals surface area contributed by atoms with Crippen molar-refractivity contribution in [2.75, 3.05) is 26.8 Å². The number of methoxy groups -OCH3 is 1. The number of esters is 1. The van der Waals surface area contributed by atoms with Gasteiger partial charge in [-0.25, -0.2) is 0 Å². The molecular weight excluding hydrogens is 308 g/mol. The van der Waals surface area contributed by atoms with E-state index < -0.39 is 0 Å². The average molecular weight is 332 g/mol. The molecule has 2 aliphatic rings. The molecule has 0 aromatic carbocycles. The average Bonchev–Trinajstić information content (AvgIpc) is 2.65. The lowest BCUT2D eigenvalue weighted by Gasteiger charge is -2.30. The SMILES string of the molecule is COC(=O)C1CCN(C(=O)COc2ccnc3c2CCCC3)CC1. The van der Waals surface area contributed by atoms with Gasteiger partial charge in [-0.2, -0.15) is 0 Å². The lowest BCUT2D eigenvalue weighted by molar-refractivity contribution is -0.149. The summed E-state index contributed by atoms with van der Waals surface area (Å²) in [5.74, 6) is 0.492. The van der Waals surface area contributed by atoms with E-state index in [9.17, 15) is 9.59 Å². The molecule has 1 aromatic heterocycles. The molecule has 130 valence electrons. The van der Waals surface area contributed by atoms with Crippen molar-refractivity contribution in [2.24, 2.45) is 5.92 Å². The number of nitrogens with zero attached hydrogens (tertiary/aromatic N) is 2. The molecule has 1 fully saturated rings. The Bertz CT molecular complexity index is 609. The second-order valence-corrected chi connectivity index (χ2v) is 6.41. The van der Waals surface area contributed by atoms with Gasteiger partial charge in [-0.3, -0.25) is 14.6 Å². The van der Waals surface area contributed by atoms with Crippen LogP contribution in [0.15, 0.2) is 12.3 Å². The quantitative estimate of drug-likeness (QED) is 0.786. The van der Waals surface area contributed by atoms with Crippen LogP contribution < -0.4 is 4.74 Å². The summed E-state index contributed by atoms with van der Waals surface area (Å²) in [7, 11) is 1.41. The van der Waals surface area contributed by atoms with Crippen LogP contribution in [0, 0.1) is 5.92 Å². The van der Waals surface area contributed by atoms with E-state index in [0.717, 1.165) is 42.7 Å². The summed E-state index contributed by atoms with van der Waals surface area (Å²) in [5.41, 5.74) is 2.26. The molecule has 1 saturated heterocycles. The summed E-state index contributed by atoms with van der Waals surface area (Å²) < 4.78 is 10.6. The number of pyridine rings is 1. The number of likely N-dealkylation sites (tertiary alicyclic amines) is 1. The third-order valence-electron chi connectivity index (χ3n) is 4.93. The maximum Gasteiger partial charge on any atom is 0.308 e. The molecule has 1 aromatic rings. The van der Waals surface area contributed by atoms with Crippen molar-refractivity contribution in [2.45, 2.75) is 38.5 Å². The van der Waals surface area contributed by atoms with Gasteiger partial charge in [0.15, 0.2) is 6.61 Å². The van der Waals surface area contributed by atoms with Gasteiger partial charge >= 0.3 is 5.97 Å². The van der Waals surface area contributed by atoms with Gasteiger partial charge in [-0.1, -0.05) is 0 Å². The number of carbonyl (C=O) groups excluding carboxylic acids is 2. The first kappa shape index (κ1) is 16.7. The molecule has 3 rings (SSSR count). The van der Waals surface area contributed by atoms with Crippen LogP contribution in [0.5, 0.6) is 5.75 Å². The van der Waals surface area contributed by atoms with Crippen LogP contribution in [-0.2, 0) is 27.2 Å². The van der Waals surface area contributed by atoms with Gasteiger partial charge in [0.1, 0.15) is 5.75 Å². The largest absolute Gasteiger partial charge is 0.483 e. The monoisotopic (exact) mass is 332 g/mol. The second kappa shape index (κ2) is 7.64. The van der Waals surface area contributed by atoms with E-state index in [1.807, 2.05) is 6.07 Å². The van der Waals surface area contributed by atoms with Crippen LogP contribution in [0.4, 0.5) is 0 Å². The zero-order valence-corrected chi connectivity index (χ0v) is 14.1. The highest BCUT2D eigenvalue weighted by atomic mass is 16.5. The van der Waals surface area contributed by atoms with Crippen LogP contribution in [0.3, 0.4) is 0 Å². The molecule has 0 N–H and O–H groups in total. The van der Waals surface area contributed by atoms with Gasteiger partial charge in [0.25, 0.3) is 5.91 Å². The van der Waals surface area contributed by atoms with E-state index in [1.54, 1.807) is 11.1 Å². The fourth-order valence-corrected chi connectivity index (χ4v) is 3.49. The number of hydrogen-bond donors (Lipinski definition) is 0. The summed E-state index contributed by atoms with van der Waals surface area (Å²) in [4.78, 5) is 30.1. The number of aryl methyl sites for hydroxylation is 1. The number of carbonyl (C=O) groups is 2. The minimum atomic E-state index is -0.179. The molecule has 0 bridgehead atoms. The molecule has 24 heavy (non-hydrogen) atoms. The van der Waals surface area contributed by atoms with Gasteiger partial charge in [0.2, 0.25) is 0 Å². The summed E-state index contributed by atoms with van der Waals surface area (Å²) in [5, 5.41) is 0. The van der Waals surface area contributed by atoms with Crippen molar-refractivity contribution < 1.29 is 19.1 Å². The lowest BCUT2D eigenvalue weighted by Crippen LogP contribution is -2.42. The normalized spacial score (nSPS) is 18.0. The molecule has 0 unspecified atom stereocenters. The summed E-state index contributed by atoms with van der Waals surface area (Å²) >= 11 is 0. The first-order valence-electron chi connectivity index (χ1n) is 8.64. The van der Waals surface area contributed by atoms with E-state index in [2.05, 4.69) is 4.98 Å². The fourth-order valence-electron chi connectivity index (χ4n) is 3.49. The Hall–Kier alpha value is -2.11. The molecule has 1 amide bonds. The molecule has 0 atom stereocenters. The zero-order chi connectivity index (χ0) is 16.9. The van der Waals surface area contributed by atoms with Crippen molar-refractivity contribution >= 4 is 11.9 Å². The maximum absolute atomic E-state index is 12.4. The van der Waals surface area contributed by atoms with Gasteiger partial charge < -0.3 is 14.4 Å². The van der Waals surface area contributed by atoms with E-state index in [0.29, 0.717) is 25.9 Å². The van der Waals surface area contributed by atoms with Crippen molar-refractivity contribution in [1.82, 2.24) is 9.88 Å². The predicted octanol–water partition coefficient (Wildman–Crippen LogP) is 1.75. The van der Waals surface area contributed by atoms with Gasteiger partial charge in [0.05, 0.1) is 13.0 Å². The van der Waals surface area contributed by atoms with Gasteiger partial charge in [0, 0.05) is 30.5 Å². The van der Waals surface area contributed by atoms with E-state index in [-0.39, 0.29) is 24.4 Å². The third kappa shape index (κ3) is 3.68. The standard InChI is InChI=1S/C18H24N2O4/c1-23-18(22)13-7-10-20(11-8-13)17(21)12-24-16-6-9-19-15-5-3-2-4-14(15)16/h6,9,13H,2-5,7-8,10-12H2,1H3. The molecule has 0 spiro atoms. The smallest absolute Gasteiger partial charge is 0.308 e. The van der Waals surface area contributed by atoms with Gasteiger partial charge in [-0.15, -0.1) is 0 Å². The molecule has 6 nitrogen and oxygen atoms in total. The second-order valence-electron chi connectivity index (χ2n) is 6.41. The van der Waals surface area contributed by atoms with Crippen molar-refractivity contribution in [3.05, 3.63) is 23.5 Å². The van der Waals surface area contributed by atoms with E-state index >= 15 is 0 Å². The topological polar surface area (TPSA) is 68.7 Å². The number of piperidine rings is 1. The van der Waals surface area contributed by atoms with Crippen LogP contribution in [0.1, 0.15) is 36.9 Å². The number of ether oxygens (including phenoxy) is 2. The van der Waals surface area contributed by atoms with Crippen LogP contribution in [-0.4, -0.2) is 48.6 Å². The highest BCUT2D eigenvalue weighted by Crippen LogP contribution is 2.28. The zero-order valence-electron chi connectivity index (χ0n) is 14.1. The maximum atomic E-state index is 12.4. The first-order chi connectivity index (χ1) is 11.7. The minimum absolute atomic E-state index is 0.0281. The van der Waals surface area contributed by atoms with Crippen molar-refractivity contribution in [3.8, 4) is 5.75 Å². The number of amides is 1. The highest BCUT2D eigenvalue weighted by Gasteiger charge is 2.28. The van der Waals surface area contributed by atoms with E-state index in [4.69, 9.17) is 9.47 Å². The van der Waals surface area contributed by atoms with Gasteiger partial charge in [-0.05, 0) is 44.6 Å². The molecule has 1 aliphatic carbocycles. The summed E-state index contributed by atoms with van der Waals surface area (Å²) in [6.07, 6.45) is 7.33. The Morgan fingerprint density at radius 2 is 2.00 bits per heavy atom. The number of fused-ring (bicyclic) bond motifs is 1. The molecular formula is C18H24N2O4. The Morgan fingerprint density at radius 3 is 2.75 bits per heavy atom. The van der Waals surface area contributed by atoms with Crippen LogP contribution in [0.2, 0.25) is 0 Å². The molecule has 1 aliphatic heterocycles. The van der Waals surface area contributed by atoms with Crippen LogP contribution in [0.25, 0.3) is 0 Å². The third-order valence-corrected chi connectivity index (χ3v) is 4.93. The Balaban J connectivity index is 1.53. The molecule has 6 heteroatoms. The fraction of sp³-hybridized carbons (Fsp3) is 0.611. The Labute approximate surface area is 142 Å². The number of hydrogen-bond acceptors (Lipinski definition) is 5. The van der Waals surface area contributed by atoms with Crippen molar-refractivity contribution in [1.29, 1.82) is 0 Å². The Morgan fingerprint density at radius 1 is 1.25 bits per heavy atom. The highest BCUT2D eigenvalue weighted by molar-refractivity contribution is 5.78. The summed E-state index contributed by atoms with van der Waals surface area (Å²) in [6.45, 7) is 1.20. The Kier molecular flexibility index (Phi) is 5.33. The molecule has 0 saturated carbocycles. The minimum Gasteiger partial charge on any atom is -0.483 e. The summed E-state index contributed by atoms with van der Waals surface area (Å²) in [6, 6.07) is 1.85. The first-order valence-corrected chi connectivity index (χ1v) is 8.64. The van der Waals surface area contributed by atoms with Crippen molar-refractivity contribution in [3.63, 3.8) is 0 Å². The number of aromatic nitrogens is 1. The predicted molar refractivity (Wildman–Crippen MR) is 87.7 cm³/mol. The lowest BCUT2D eigenvalue weighted by atomic mass is 9.95.